The monoisotopic (exact) mass is 335 g/mol. The van der Waals surface area contributed by atoms with Crippen molar-refractivity contribution in [2.75, 3.05) is 14.2 Å². The van der Waals surface area contributed by atoms with Crippen LogP contribution in [0.3, 0.4) is 0 Å². The van der Waals surface area contributed by atoms with E-state index in [1.165, 1.54) is 14.2 Å². The van der Waals surface area contributed by atoms with Gasteiger partial charge in [-0.1, -0.05) is 12.1 Å². The average Bonchev–Trinajstić information content (AvgIpc) is 2.98. The number of aliphatic hydroxyl groups is 1. The maximum atomic E-state index is 10.7. The number of imidazole rings is 1. The molecule has 1 N–H and O–H groups in total. The number of methoxy groups -OCH3 is 2. The van der Waals surface area contributed by atoms with E-state index in [2.05, 4.69) is 11.1 Å². The molecule has 3 rings (SSSR count). The van der Waals surface area contributed by atoms with E-state index in [4.69, 9.17) is 9.47 Å². The van der Waals surface area contributed by atoms with Gasteiger partial charge in [-0.25, -0.2) is 4.98 Å². The Morgan fingerprint density at radius 3 is 2.48 bits per heavy atom. The first-order valence-electron chi connectivity index (χ1n) is 7.58. The molecular formula is C19H17N3O3. The second-order valence-electron chi connectivity index (χ2n) is 5.39. The summed E-state index contributed by atoms with van der Waals surface area (Å²) in [5, 5.41) is 20.3. The highest BCUT2D eigenvalue weighted by molar-refractivity contribution is 5.94. The van der Waals surface area contributed by atoms with Crippen LogP contribution >= 0.6 is 0 Å². The fourth-order valence-corrected chi connectivity index (χ4v) is 2.71. The Labute approximate surface area is 145 Å². The van der Waals surface area contributed by atoms with Crippen LogP contribution < -0.4 is 9.47 Å². The standard InChI is InChI=1S/C19H17N3O3/c1-22-15-7-5-4-6-14(15)21-19(22)13(11-20)18(23)12-8-9-16(24-2)17(10-12)25-3/h4-10,23H,1-3H3/b18-13-. The van der Waals surface area contributed by atoms with E-state index in [1.54, 1.807) is 22.8 Å². The third-order valence-corrected chi connectivity index (χ3v) is 4.02. The molecule has 0 bridgehead atoms. The zero-order valence-corrected chi connectivity index (χ0v) is 14.1. The number of aliphatic hydroxyl groups excluding tert-OH is 1. The van der Waals surface area contributed by atoms with Crippen LogP contribution in [0.2, 0.25) is 0 Å². The lowest BCUT2D eigenvalue weighted by Crippen LogP contribution is -2.00. The summed E-state index contributed by atoms with van der Waals surface area (Å²) < 4.78 is 12.2. The van der Waals surface area contributed by atoms with Crippen molar-refractivity contribution in [1.29, 1.82) is 5.26 Å². The van der Waals surface area contributed by atoms with Gasteiger partial charge in [-0.05, 0) is 30.3 Å². The van der Waals surface area contributed by atoms with Gasteiger partial charge in [0, 0.05) is 12.6 Å². The third-order valence-electron chi connectivity index (χ3n) is 4.02. The number of rotatable bonds is 4. The minimum absolute atomic E-state index is 0.0888. The van der Waals surface area contributed by atoms with Crippen molar-refractivity contribution >= 4 is 22.4 Å². The first-order chi connectivity index (χ1) is 12.1. The Morgan fingerprint density at radius 2 is 1.84 bits per heavy atom. The van der Waals surface area contributed by atoms with Crippen LogP contribution in [0, 0.1) is 11.3 Å². The molecule has 3 aromatic rings. The number of hydrogen-bond acceptors (Lipinski definition) is 5. The van der Waals surface area contributed by atoms with E-state index >= 15 is 0 Å². The molecule has 1 aromatic heterocycles. The lowest BCUT2D eigenvalue weighted by atomic mass is 10.1. The first-order valence-corrected chi connectivity index (χ1v) is 7.58. The topological polar surface area (TPSA) is 80.3 Å². The number of aryl methyl sites for hydroxylation is 1. The van der Waals surface area contributed by atoms with Gasteiger partial charge in [0.15, 0.2) is 17.3 Å². The molecule has 126 valence electrons. The number of aromatic nitrogens is 2. The highest BCUT2D eigenvalue weighted by atomic mass is 16.5. The Hall–Kier alpha value is -3.46. The molecule has 0 saturated heterocycles. The van der Waals surface area contributed by atoms with E-state index in [0.29, 0.717) is 22.9 Å². The number of fused-ring (bicyclic) bond motifs is 1. The highest BCUT2D eigenvalue weighted by Gasteiger charge is 2.18. The Bertz CT molecular complexity index is 1010. The largest absolute Gasteiger partial charge is 0.506 e. The second-order valence-corrected chi connectivity index (χ2v) is 5.39. The van der Waals surface area contributed by atoms with E-state index in [0.717, 1.165) is 11.0 Å². The van der Waals surface area contributed by atoms with Crippen LogP contribution in [-0.2, 0) is 7.05 Å². The third kappa shape index (κ3) is 2.76. The van der Waals surface area contributed by atoms with Crippen LogP contribution in [0.4, 0.5) is 0 Å². The molecule has 6 nitrogen and oxygen atoms in total. The highest BCUT2D eigenvalue weighted by Crippen LogP contribution is 2.32. The molecule has 0 aliphatic heterocycles. The lowest BCUT2D eigenvalue weighted by molar-refractivity contribution is 0.354. The molecule has 1 heterocycles. The van der Waals surface area contributed by atoms with Gasteiger partial charge in [0.25, 0.3) is 0 Å². The van der Waals surface area contributed by atoms with Crippen LogP contribution in [-0.4, -0.2) is 28.9 Å². The summed E-state index contributed by atoms with van der Waals surface area (Å²) in [4.78, 5) is 4.47. The molecule has 0 aliphatic carbocycles. The summed E-state index contributed by atoms with van der Waals surface area (Å²) in [6, 6.07) is 14.6. The van der Waals surface area contributed by atoms with Crippen molar-refractivity contribution in [1.82, 2.24) is 9.55 Å². The van der Waals surface area contributed by atoms with E-state index in [9.17, 15) is 10.4 Å². The molecule has 0 radical (unpaired) electrons. The van der Waals surface area contributed by atoms with Crippen molar-refractivity contribution in [3.63, 3.8) is 0 Å². The molecule has 0 amide bonds. The predicted octanol–water partition coefficient (Wildman–Crippen LogP) is 3.54. The smallest absolute Gasteiger partial charge is 0.161 e. The summed E-state index contributed by atoms with van der Waals surface area (Å²) in [6.45, 7) is 0. The normalized spacial score (nSPS) is 11.8. The van der Waals surface area contributed by atoms with Crippen LogP contribution in [0.5, 0.6) is 11.5 Å². The molecular weight excluding hydrogens is 318 g/mol. The summed E-state index contributed by atoms with van der Waals surface area (Å²) in [6.07, 6.45) is 0. The van der Waals surface area contributed by atoms with Gasteiger partial charge in [-0.2, -0.15) is 5.26 Å². The lowest BCUT2D eigenvalue weighted by Gasteiger charge is -2.10. The van der Waals surface area contributed by atoms with E-state index < -0.39 is 0 Å². The quantitative estimate of drug-likeness (QED) is 0.582. The fraction of sp³-hybridized carbons (Fsp3) is 0.158. The number of hydrogen-bond donors (Lipinski definition) is 1. The van der Waals surface area contributed by atoms with Crippen molar-refractivity contribution in [2.24, 2.45) is 7.05 Å². The molecule has 0 unspecified atom stereocenters. The molecule has 0 spiro atoms. The molecule has 2 aromatic carbocycles. The fourth-order valence-electron chi connectivity index (χ4n) is 2.71. The number of benzene rings is 2. The van der Waals surface area contributed by atoms with Crippen LogP contribution in [0.15, 0.2) is 42.5 Å². The summed E-state index contributed by atoms with van der Waals surface area (Å²) in [5.41, 5.74) is 2.17. The molecule has 25 heavy (non-hydrogen) atoms. The molecule has 6 heteroatoms. The van der Waals surface area contributed by atoms with Crippen molar-refractivity contribution < 1.29 is 14.6 Å². The molecule has 0 saturated carbocycles. The van der Waals surface area contributed by atoms with Gasteiger partial charge in [0.05, 0.1) is 25.3 Å². The second kappa shape index (κ2) is 6.57. The zero-order valence-electron chi connectivity index (χ0n) is 14.1. The predicted molar refractivity (Wildman–Crippen MR) is 95.3 cm³/mol. The van der Waals surface area contributed by atoms with E-state index in [-0.39, 0.29) is 11.3 Å². The minimum Gasteiger partial charge on any atom is -0.506 e. The van der Waals surface area contributed by atoms with Crippen molar-refractivity contribution in [3.8, 4) is 17.6 Å². The summed E-state index contributed by atoms with van der Waals surface area (Å²) in [7, 11) is 4.86. The molecule has 0 fully saturated rings. The van der Waals surface area contributed by atoms with Gasteiger partial charge < -0.3 is 19.1 Å². The maximum absolute atomic E-state index is 10.7. The average molecular weight is 335 g/mol. The Morgan fingerprint density at radius 1 is 1.12 bits per heavy atom. The van der Waals surface area contributed by atoms with E-state index in [1.807, 2.05) is 31.3 Å². The van der Waals surface area contributed by atoms with Crippen molar-refractivity contribution in [2.45, 2.75) is 0 Å². The zero-order chi connectivity index (χ0) is 18.0. The number of nitriles is 1. The Balaban J connectivity index is 2.18. The summed E-state index contributed by atoms with van der Waals surface area (Å²) >= 11 is 0. The first kappa shape index (κ1) is 16.4. The number of para-hydroxylation sites is 2. The van der Waals surface area contributed by atoms with Gasteiger partial charge >= 0.3 is 0 Å². The number of nitrogens with zero attached hydrogens (tertiary/aromatic N) is 3. The van der Waals surface area contributed by atoms with Gasteiger partial charge in [0.2, 0.25) is 0 Å². The van der Waals surface area contributed by atoms with Crippen LogP contribution in [0.1, 0.15) is 11.4 Å². The molecule has 0 atom stereocenters. The van der Waals surface area contributed by atoms with Gasteiger partial charge in [0.1, 0.15) is 17.4 Å². The Kier molecular flexibility index (Phi) is 4.31. The van der Waals surface area contributed by atoms with Gasteiger partial charge in [-0.3, -0.25) is 0 Å². The van der Waals surface area contributed by atoms with Gasteiger partial charge in [-0.15, -0.1) is 0 Å². The summed E-state index contributed by atoms with van der Waals surface area (Å²) in [5.74, 6) is 1.24. The SMILES string of the molecule is COc1ccc(/C(O)=C(\C#N)c2nc3ccccc3n2C)cc1OC. The number of allylic oxidation sites excluding steroid dienone is 1. The van der Waals surface area contributed by atoms with Crippen LogP contribution in [0.25, 0.3) is 22.4 Å². The number of ether oxygens (including phenoxy) is 2. The maximum Gasteiger partial charge on any atom is 0.161 e. The molecule has 0 aliphatic rings. The minimum atomic E-state index is -0.165. The van der Waals surface area contributed by atoms with Crippen molar-refractivity contribution in [3.05, 3.63) is 53.9 Å².